The standard InChI is InChI=1S/C15H21NO/c1-10(2)12-6-5-7-13(11(3)4)14(12)8-9-15(16)17/h5-11H,1-4H3,(H2,16,17). The molecule has 17 heavy (non-hydrogen) atoms. The number of nitrogens with two attached hydrogens (primary N) is 1. The van der Waals surface area contributed by atoms with Crippen LogP contribution in [0, 0.1) is 0 Å². The number of carbonyl (C=O) groups is 1. The number of benzene rings is 1. The van der Waals surface area contributed by atoms with Gasteiger partial charge < -0.3 is 5.73 Å². The largest absolute Gasteiger partial charge is 0.366 e. The molecule has 0 unspecified atom stereocenters. The first-order valence-electron chi connectivity index (χ1n) is 6.03. The molecule has 2 heteroatoms. The average Bonchev–Trinajstić information content (AvgIpc) is 2.25. The fraction of sp³-hybridized carbons (Fsp3) is 0.400. The zero-order valence-corrected chi connectivity index (χ0v) is 11.0. The predicted molar refractivity (Wildman–Crippen MR) is 72.8 cm³/mol. The van der Waals surface area contributed by atoms with Crippen LogP contribution in [-0.2, 0) is 4.79 Å². The number of rotatable bonds is 4. The molecule has 1 amide bonds. The van der Waals surface area contributed by atoms with Gasteiger partial charge in [-0.15, -0.1) is 0 Å². The van der Waals surface area contributed by atoms with Gasteiger partial charge >= 0.3 is 0 Å². The van der Waals surface area contributed by atoms with Crippen molar-refractivity contribution in [1.29, 1.82) is 0 Å². The van der Waals surface area contributed by atoms with E-state index in [0.717, 1.165) is 5.56 Å². The van der Waals surface area contributed by atoms with Crippen LogP contribution in [0.4, 0.5) is 0 Å². The molecule has 1 aromatic rings. The third kappa shape index (κ3) is 3.45. The zero-order chi connectivity index (χ0) is 13.0. The molecular formula is C15H21NO. The molecule has 0 radical (unpaired) electrons. The first-order valence-corrected chi connectivity index (χ1v) is 6.03. The molecule has 1 aromatic carbocycles. The average molecular weight is 231 g/mol. The van der Waals surface area contributed by atoms with Gasteiger partial charge in [0.05, 0.1) is 0 Å². The molecule has 0 aliphatic heterocycles. The lowest BCUT2D eigenvalue weighted by Gasteiger charge is -2.16. The quantitative estimate of drug-likeness (QED) is 0.793. The summed E-state index contributed by atoms with van der Waals surface area (Å²) in [6.07, 6.45) is 3.28. The van der Waals surface area contributed by atoms with Crippen molar-refractivity contribution in [3.8, 4) is 0 Å². The van der Waals surface area contributed by atoms with Crippen LogP contribution in [-0.4, -0.2) is 5.91 Å². The maximum atomic E-state index is 10.9. The summed E-state index contributed by atoms with van der Waals surface area (Å²) in [7, 11) is 0. The molecule has 0 fully saturated rings. The Bertz CT molecular complexity index is 404. The second-order valence-corrected chi connectivity index (χ2v) is 4.90. The molecule has 92 valence electrons. The number of primary amides is 1. The topological polar surface area (TPSA) is 43.1 Å². The van der Waals surface area contributed by atoms with E-state index in [4.69, 9.17) is 5.73 Å². The third-order valence-corrected chi connectivity index (χ3v) is 2.83. The fourth-order valence-corrected chi connectivity index (χ4v) is 1.97. The van der Waals surface area contributed by atoms with Gasteiger partial charge in [-0.1, -0.05) is 45.9 Å². The Hall–Kier alpha value is -1.57. The number of carbonyl (C=O) groups excluding carboxylic acids is 1. The summed E-state index contributed by atoms with van der Waals surface area (Å²) in [6.45, 7) is 8.62. The van der Waals surface area contributed by atoms with Crippen molar-refractivity contribution >= 4 is 12.0 Å². The van der Waals surface area contributed by atoms with Crippen molar-refractivity contribution in [1.82, 2.24) is 0 Å². The lowest BCUT2D eigenvalue weighted by Crippen LogP contribution is -2.06. The van der Waals surface area contributed by atoms with Gasteiger partial charge in [-0.3, -0.25) is 4.79 Å². The Morgan fingerprint density at radius 2 is 1.59 bits per heavy atom. The van der Waals surface area contributed by atoms with Crippen LogP contribution in [0.2, 0.25) is 0 Å². The molecule has 0 aliphatic rings. The van der Waals surface area contributed by atoms with Gasteiger partial charge in [0.1, 0.15) is 0 Å². The van der Waals surface area contributed by atoms with E-state index in [0.29, 0.717) is 11.8 Å². The molecule has 0 heterocycles. The van der Waals surface area contributed by atoms with Crippen molar-refractivity contribution < 1.29 is 4.79 Å². The molecular weight excluding hydrogens is 210 g/mol. The van der Waals surface area contributed by atoms with Crippen molar-refractivity contribution in [2.24, 2.45) is 5.73 Å². The second-order valence-electron chi connectivity index (χ2n) is 4.90. The van der Waals surface area contributed by atoms with E-state index < -0.39 is 5.91 Å². The molecule has 2 N–H and O–H groups in total. The lowest BCUT2D eigenvalue weighted by molar-refractivity contribution is -0.113. The van der Waals surface area contributed by atoms with Crippen molar-refractivity contribution in [3.63, 3.8) is 0 Å². The number of amides is 1. The van der Waals surface area contributed by atoms with Gasteiger partial charge in [0.15, 0.2) is 0 Å². The summed E-state index contributed by atoms with van der Waals surface area (Å²) >= 11 is 0. The van der Waals surface area contributed by atoms with Gasteiger partial charge in [0, 0.05) is 6.08 Å². The summed E-state index contributed by atoms with van der Waals surface area (Å²) in [5, 5.41) is 0. The van der Waals surface area contributed by atoms with Crippen molar-refractivity contribution in [2.45, 2.75) is 39.5 Å². The molecule has 0 saturated heterocycles. The molecule has 0 bridgehead atoms. The summed E-state index contributed by atoms with van der Waals surface area (Å²) in [5.74, 6) is 0.459. The minimum Gasteiger partial charge on any atom is -0.366 e. The van der Waals surface area contributed by atoms with E-state index >= 15 is 0 Å². The minimum absolute atomic E-state index is 0.404. The van der Waals surface area contributed by atoms with E-state index in [-0.39, 0.29) is 0 Å². The molecule has 0 atom stereocenters. The second kappa shape index (κ2) is 5.67. The smallest absolute Gasteiger partial charge is 0.241 e. The van der Waals surface area contributed by atoms with E-state index in [9.17, 15) is 4.79 Å². The number of hydrogen-bond acceptors (Lipinski definition) is 1. The summed E-state index contributed by atoms with van der Waals surface area (Å²) in [5.41, 5.74) is 8.82. The Morgan fingerprint density at radius 1 is 1.12 bits per heavy atom. The molecule has 0 spiro atoms. The lowest BCUT2D eigenvalue weighted by atomic mass is 9.88. The molecule has 2 nitrogen and oxygen atoms in total. The van der Waals surface area contributed by atoms with Gasteiger partial charge in [-0.25, -0.2) is 0 Å². The first kappa shape index (κ1) is 13.5. The van der Waals surface area contributed by atoms with Crippen LogP contribution in [0.25, 0.3) is 6.08 Å². The molecule has 0 aliphatic carbocycles. The maximum absolute atomic E-state index is 10.9. The molecule has 0 saturated carbocycles. The Balaban J connectivity index is 3.33. The minimum atomic E-state index is -0.404. The van der Waals surface area contributed by atoms with E-state index in [1.54, 1.807) is 0 Å². The highest BCUT2D eigenvalue weighted by Gasteiger charge is 2.11. The van der Waals surface area contributed by atoms with Crippen LogP contribution in [0.1, 0.15) is 56.2 Å². The molecule has 0 aromatic heterocycles. The third-order valence-electron chi connectivity index (χ3n) is 2.83. The van der Waals surface area contributed by atoms with E-state index in [2.05, 4.69) is 45.9 Å². The summed E-state index contributed by atoms with van der Waals surface area (Å²) in [6, 6.07) is 6.29. The van der Waals surface area contributed by atoms with E-state index in [1.807, 2.05) is 6.08 Å². The summed E-state index contributed by atoms with van der Waals surface area (Å²) in [4.78, 5) is 10.9. The predicted octanol–water partition coefficient (Wildman–Crippen LogP) is 3.43. The van der Waals surface area contributed by atoms with Gasteiger partial charge in [-0.2, -0.15) is 0 Å². The number of hydrogen-bond donors (Lipinski definition) is 1. The molecule has 1 rings (SSSR count). The zero-order valence-electron chi connectivity index (χ0n) is 11.0. The monoisotopic (exact) mass is 231 g/mol. The highest BCUT2D eigenvalue weighted by molar-refractivity contribution is 5.90. The highest BCUT2D eigenvalue weighted by Crippen LogP contribution is 2.28. The van der Waals surface area contributed by atoms with Crippen LogP contribution in [0.15, 0.2) is 24.3 Å². The summed E-state index contributed by atoms with van der Waals surface area (Å²) < 4.78 is 0. The van der Waals surface area contributed by atoms with Crippen LogP contribution in [0.3, 0.4) is 0 Å². The Kier molecular flexibility index (Phi) is 4.50. The first-order chi connectivity index (χ1) is 7.93. The maximum Gasteiger partial charge on any atom is 0.241 e. The Morgan fingerprint density at radius 3 is 1.94 bits per heavy atom. The van der Waals surface area contributed by atoms with Crippen molar-refractivity contribution in [3.05, 3.63) is 41.0 Å². The van der Waals surface area contributed by atoms with Crippen molar-refractivity contribution in [2.75, 3.05) is 0 Å². The van der Waals surface area contributed by atoms with Crippen LogP contribution >= 0.6 is 0 Å². The SMILES string of the molecule is CC(C)c1cccc(C(C)C)c1C=CC(N)=O. The highest BCUT2D eigenvalue weighted by atomic mass is 16.1. The van der Waals surface area contributed by atoms with Crippen LogP contribution in [0.5, 0.6) is 0 Å². The van der Waals surface area contributed by atoms with Gasteiger partial charge in [0.25, 0.3) is 0 Å². The fourth-order valence-electron chi connectivity index (χ4n) is 1.97. The van der Waals surface area contributed by atoms with Gasteiger partial charge in [0.2, 0.25) is 5.91 Å². The Labute approximate surface area is 104 Å². The normalized spacial score (nSPS) is 11.6. The van der Waals surface area contributed by atoms with E-state index in [1.165, 1.54) is 17.2 Å². The van der Waals surface area contributed by atoms with Gasteiger partial charge in [-0.05, 0) is 34.6 Å². The van der Waals surface area contributed by atoms with Crippen LogP contribution < -0.4 is 5.73 Å².